The largest absolute Gasteiger partial charge is 0.435 e. The second-order valence-corrected chi connectivity index (χ2v) is 4.80. The number of hydrogen-bond acceptors (Lipinski definition) is 2. The second kappa shape index (κ2) is 6.52. The van der Waals surface area contributed by atoms with E-state index in [2.05, 4.69) is 26.0 Å². The van der Waals surface area contributed by atoms with Gasteiger partial charge in [0.25, 0.3) is 0 Å². The van der Waals surface area contributed by atoms with E-state index >= 15 is 0 Å². The zero-order valence-corrected chi connectivity index (χ0v) is 11.5. The molecular formula is C14H12BrF2NO. The topological polar surface area (TPSA) is 21.3 Å². The van der Waals surface area contributed by atoms with E-state index in [0.29, 0.717) is 6.54 Å². The lowest BCUT2D eigenvalue weighted by molar-refractivity contribution is -0.0498. The van der Waals surface area contributed by atoms with Crippen LogP contribution in [0.25, 0.3) is 0 Å². The van der Waals surface area contributed by atoms with Crippen molar-refractivity contribution >= 4 is 21.6 Å². The van der Waals surface area contributed by atoms with Gasteiger partial charge in [-0.25, -0.2) is 0 Å². The predicted octanol–water partition coefficient (Wildman–Crippen LogP) is 4.66. The Balaban J connectivity index is 1.91. The highest BCUT2D eigenvalue weighted by Crippen LogP contribution is 2.18. The van der Waals surface area contributed by atoms with Gasteiger partial charge in [-0.15, -0.1) is 0 Å². The molecule has 0 heterocycles. The van der Waals surface area contributed by atoms with E-state index in [-0.39, 0.29) is 5.75 Å². The summed E-state index contributed by atoms with van der Waals surface area (Å²) in [7, 11) is 0. The van der Waals surface area contributed by atoms with Gasteiger partial charge in [-0.1, -0.05) is 28.1 Å². The summed E-state index contributed by atoms with van der Waals surface area (Å²) in [4.78, 5) is 0. The lowest BCUT2D eigenvalue weighted by Gasteiger charge is -2.08. The quantitative estimate of drug-likeness (QED) is 0.862. The molecule has 100 valence electrons. The van der Waals surface area contributed by atoms with Gasteiger partial charge in [0.2, 0.25) is 0 Å². The van der Waals surface area contributed by atoms with Crippen molar-refractivity contribution in [1.82, 2.24) is 0 Å². The SMILES string of the molecule is FC(F)Oc1ccc(NCc2ccc(Br)cc2)cc1. The third-order valence-corrected chi connectivity index (χ3v) is 3.02. The van der Waals surface area contributed by atoms with Crippen LogP contribution in [0.15, 0.2) is 53.0 Å². The Morgan fingerprint density at radius 2 is 1.63 bits per heavy atom. The maximum Gasteiger partial charge on any atom is 0.387 e. The zero-order valence-electron chi connectivity index (χ0n) is 9.95. The van der Waals surface area contributed by atoms with Crippen molar-refractivity contribution in [2.45, 2.75) is 13.2 Å². The fourth-order valence-corrected chi connectivity index (χ4v) is 1.82. The molecule has 0 aliphatic rings. The fourth-order valence-electron chi connectivity index (χ4n) is 1.56. The number of ether oxygens (including phenoxy) is 1. The molecule has 0 fully saturated rings. The Bertz CT molecular complexity index is 514. The van der Waals surface area contributed by atoms with E-state index < -0.39 is 6.61 Å². The first kappa shape index (κ1) is 13.8. The molecule has 0 radical (unpaired) electrons. The first-order valence-corrected chi connectivity index (χ1v) is 6.46. The van der Waals surface area contributed by atoms with Crippen LogP contribution < -0.4 is 10.1 Å². The van der Waals surface area contributed by atoms with Gasteiger partial charge in [0, 0.05) is 16.7 Å². The van der Waals surface area contributed by atoms with Gasteiger partial charge < -0.3 is 10.1 Å². The van der Waals surface area contributed by atoms with Crippen molar-refractivity contribution in [3.8, 4) is 5.75 Å². The summed E-state index contributed by atoms with van der Waals surface area (Å²) in [5, 5.41) is 3.20. The normalized spacial score (nSPS) is 10.5. The van der Waals surface area contributed by atoms with E-state index in [1.165, 1.54) is 12.1 Å². The minimum Gasteiger partial charge on any atom is -0.435 e. The number of halogens is 3. The number of rotatable bonds is 5. The van der Waals surface area contributed by atoms with Crippen LogP contribution in [0.5, 0.6) is 5.75 Å². The molecule has 0 saturated carbocycles. The number of nitrogens with one attached hydrogen (secondary N) is 1. The van der Waals surface area contributed by atoms with Crippen molar-refractivity contribution < 1.29 is 13.5 Å². The molecule has 2 rings (SSSR count). The molecule has 0 saturated heterocycles. The van der Waals surface area contributed by atoms with E-state index in [4.69, 9.17) is 0 Å². The molecule has 0 atom stereocenters. The van der Waals surface area contributed by atoms with Crippen LogP contribution in [0.2, 0.25) is 0 Å². The van der Waals surface area contributed by atoms with E-state index in [1.807, 2.05) is 24.3 Å². The molecule has 2 aromatic rings. The lowest BCUT2D eigenvalue weighted by Crippen LogP contribution is -2.02. The van der Waals surface area contributed by atoms with Gasteiger partial charge in [0.05, 0.1) is 0 Å². The average Bonchev–Trinajstić information content (AvgIpc) is 2.39. The van der Waals surface area contributed by atoms with Crippen LogP contribution in [0.4, 0.5) is 14.5 Å². The summed E-state index contributed by atoms with van der Waals surface area (Å²) in [6.45, 7) is -2.12. The van der Waals surface area contributed by atoms with Gasteiger partial charge in [-0.3, -0.25) is 0 Å². The standard InChI is InChI=1S/C14H12BrF2NO/c15-11-3-1-10(2-4-11)9-18-12-5-7-13(8-6-12)19-14(16)17/h1-8,14,18H,9H2. The molecule has 0 bridgehead atoms. The molecule has 0 unspecified atom stereocenters. The second-order valence-electron chi connectivity index (χ2n) is 3.88. The minimum absolute atomic E-state index is 0.157. The van der Waals surface area contributed by atoms with Gasteiger partial charge in [0.15, 0.2) is 0 Å². The van der Waals surface area contributed by atoms with Crippen molar-refractivity contribution in [3.63, 3.8) is 0 Å². The van der Waals surface area contributed by atoms with Gasteiger partial charge in [-0.05, 0) is 42.0 Å². The summed E-state index contributed by atoms with van der Waals surface area (Å²) in [5.74, 6) is 0.157. The number of alkyl halides is 2. The van der Waals surface area contributed by atoms with Crippen molar-refractivity contribution in [2.75, 3.05) is 5.32 Å². The van der Waals surface area contributed by atoms with Crippen LogP contribution in [0, 0.1) is 0 Å². The Labute approximate surface area is 118 Å². The Hall–Kier alpha value is -1.62. The Morgan fingerprint density at radius 1 is 1.00 bits per heavy atom. The molecule has 0 aromatic heterocycles. The van der Waals surface area contributed by atoms with E-state index in [0.717, 1.165) is 15.7 Å². The third kappa shape index (κ3) is 4.52. The zero-order chi connectivity index (χ0) is 13.7. The van der Waals surface area contributed by atoms with Gasteiger partial charge in [0.1, 0.15) is 5.75 Å². The Kier molecular flexibility index (Phi) is 4.74. The Morgan fingerprint density at radius 3 is 2.21 bits per heavy atom. The van der Waals surface area contributed by atoms with Gasteiger partial charge in [-0.2, -0.15) is 8.78 Å². The highest BCUT2D eigenvalue weighted by atomic mass is 79.9. The molecule has 19 heavy (non-hydrogen) atoms. The van der Waals surface area contributed by atoms with Crippen LogP contribution >= 0.6 is 15.9 Å². The van der Waals surface area contributed by atoms with Crippen LogP contribution in [0.3, 0.4) is 0 Å². The lowest BCUT2D eigenvalue weighted by atomic mass is 10.2. The minimum atomic E-state index is -2.79. The summed E-state index contributed by atoms with van der Waals surface area (Å²) < 4.78 is 29.3. The molecule has 0 amide bonds. The monoisotopic (exact) mass is 327 g/mol. The van der Waals surface area contributed by atoms with Crippen LogP contribution in [0.1, 0.15) is 5.56 Å². The summed E-state index contributed by atoms with van der Waals surface area (Å²) in [5.41, 5.74) is 1.99. The summed E-state index contributed by atoms with van der Waals surface area (Å²) in [6.07, 6.45) is 0. The highest BCUT2D eigenvalue weighted by molar-refractivity contribution is 9.10. The van der Waals surface area contributed by atoms with Crippen LogP contribution in [-0.4, -0.2) is 6.61 Å². The molecule has 1 N–H and O–H groups in total. The predicted molar refractivity (Wildman–Crippen MR) is 74.5 cm³/mol. The highest BCUT2D eigenvalue weighted by Gasteiger charge is 2.03. The fraction of sp³-hybridized carbons (Fsp3) is 0.143. The first-order chi connectivity index (χ1) is 9.13. The molecule has 0 aliphatic heterocycles. The van der Waals surface area contributed by atoms with E-state index in [1.54, 1.807) is 12.1 Å². The summed E-state index contributed by atoms with van der Waals surface area (Å²) in [6, 6.07) is 14.4. The number of hydrogen-bond donors (Lipinski definition) is 1. The number of benzene rings is 2. The van der Waals surface area contributed by atoms with E-state index in [9.17, 15) is 8.78 Å². The first-order valence-electron chi connectivity index (χ1n) is 5.67. The maximum absolute atomic E-state index is 12.0. The maximum atomic E-state index is 12.0. The number of anilines is 1. The molecule has 5 heteroatoms. The molecular weight excluding hydrogens is 316 g/mol. The third-order valence-electron chi connectivity index (χ3n) is 2.49. The van der Waals surface area contributed by atoms with Crippen molar-refractivity contribution in [2.24, 2.45) is 0 Å². The molecule has 2 aromatic carbocycles. The molecule has 0 spiro atoms. The van der Waals surface area contributed by atoms with Gasteiger partial charge >= 0.3 is 6.61 Å². The molecule has 0 aliphatic carbocycles. The summed E-state index contributed by atoms with van der Waals surface area (Å²) >= 11 is 3.37. The average molecular weight is 328 g/mol. The van der Waals surface area contributed by atoms with Crippen molar-refractivity contribution in [1.29, 1.82) is 0 Å². The smallest absolute Gasteiger partial charge is 0.387 e. The van der Waals surface area contributed by atoms with Crippen molar-refractivity contribution in [3.05, 3.63) is 58.6 Å². The van der Waals surface area contributed by atoms with Crippen LogP contribution in [-0.2, 0) is 6.54 Å². The molecule has 2 nitrogen and oxygen atoms in total.